The van der Waals surface area contributed by atoms with Crippen molar-refractivity contribution in [2.75, 3.05) is 7.11 Å². The van der Waals surface area contributed by atoms with Crippen LogP contribution in [-0.2, 0) is 4.74 Å². The average molecular weight is 317 g/mol. The van der Waals surface area contributed by atoms with E-state index in [0.29, 0.717) is 17.6 Å². The first-order valence-electron chi connectivity index (χ1n) is 6.76. The van der Waals surface area contributed by atoms with Crippen molar-refractivity contribution in [2.24, 2.45) is 5.92 Å². The maximum Gasteiger partial charge on any atom is 0.240 e. The van der Waals surface area contributed by atoms with Gasteiger partial charge in [0.15, 0.2) is 0 Å². The maximum atomic E-state index is 5.60. The minimum atomic E-state index is -0.0145. The molecule has 2 rings (SSSR count). The van der Waals surface area contributed by atoms with Crippen LogP contribution >= 0.6 is 15.9 Å². The Hall–Kier alpha value is -0.420. The summed E-state index contributed by atoms with van der Waals surface area (Å²) in [5, 5.41) is 4.09. The van der Waals surface area contributed by atoms with Gasteiger partial charge in [0.1, 0.15) is 6.10 Å². The zero-order chi connectivity index (χ0) is 13.0. The van der Waals surface area contributed by atoms with Crippen molar-refractivity contribution in [3.63, 3.8) is 0 Å². The second-order valence-electron chi connectivity index (χ2n) is 4.92. The summed E-state index contributed by atoms with van der Waals surface area (Å²) < 4.78 is 10.9. The van der Waals surface area contributed by atoms with Crippen LogP contribution in [0.1, 0.15) is 68.1 Å². The first kappa shape index (κ1) is 14.0. The molecule has 5 heteroatoms. The number of rotatable bonds is 5. The molecule has 0 amide bonds. The smallest absolute Gasteiger partial charge is 0.240 e. The van der Waals surface area contributed by atoms with Crippen LogP contribution in [0.2, 0.25) is 0 Å². The van der Waals surface area contributed by atoms with Crippen molar-refractivity contribution >= 4 is 15.9 Å². The summed E-state index contributed by atoms with van der Waals surface area (Å²) in [7, 11) is 1.74. The standard InChI is InChI=1S/C13H21BrN2O2/c1-3-10(14)13-15-12(16-18-13)11(17-2)9-7-5-4-6-8-9/h9-11H,3-8H2,1-2H3. The van der Waals surface area contributed by atoms with Crippen molar-refractivity contribution in [3.8, 4) is 0 Å². The SMILES string of the molecule is CCC(Br)c1nc(C(OC)C2CCCCC2)no1. The third-order valence-electron chi connectivity index (χ3n) is 3.67. The Morgan fingerprint density at radius 3 is 2.72 bits per heavy atom. The van der Waals surface area contributed by atoms with Crippen LogP contribution in [0.3, 0.4) is 0 Å². The molecule has 1 aliphatic carbocycles. The Morgan fingerprint density at radius 2 is 2.11 bits per heavy atom. The second-order valence-corrected chi connectivity index (χ2v) is 6.03. The largest absolute Gasteiger partial charge is 0.373 e. The molecule has 0 saturated heterocycles. The minimum Gasteiger partial charge on any atom is -0.373 e. The average Bonchev–Trinajstić information content (AvgIpc) is 2.89. The molecule has 0 spiro atoms. The van der Waals surface area contributed by atoms with Crippen LogP contribution < -0.4 is 0 Å². The fraction of sp³-hybridized carbons (Fsp3) is 0.846. The normalized spacial score (nSPS) is 20.8. The number of aromatic nitrogens is 2. The van der Waals surface area contributed by atoms with E-state index in [-0.39, 0.29) is 10.9 Å². The molecule has 2 atom stereocenters. The van der Waals surface area contributed by atoms with Gasteiger partial charge in [-0.05, 0) is 25.2 Å². The Kier molecular flexibility index (Phi) is 5.18. The molecule has 0 aromatic carbocycles. The molecule has 102 valence electrons. The number of hydrogen-bond donors (Lipinski definition) is 0. The van der Waals surface area contributed by atoms with E-state index in [1.807, 2.05) is 0 Å². The molecule has 18 heavy (non-hydrogen) atoms. The number of nitrogens with zero attached hydrogens (tertiary/aromatic N) is 2. The van der Waals surface area contributed by atoms with Crippen LogP contribution in [0.25, 0.3) is 0 Å². The Labute approximate surface area is 117 Å². The fourth-order valence-electron chi connectivity index (χ4n) is 2.61. The summed E-state index contributed by atoms with van der Waals surface area (Å²) in [5.41, 5.74) is 0. The minimum absolute atomic E-state index is 0.0145. The van der Waals surface area contributed by atoms with E-state index in [4.69, 9.17) is 9.26 Å². The number of methoxy groups -OCH3 is 1. The van der Waals surface area contributed by atoms with Gasteiger partial charge in [0.05, 0.1) is 4.83 Å². The van der Waals surface area contributed by atoms with Crippen LogP contribution in [0.15, 0.2) is 4.52 Å². The highest BCUT2D eigenvalue weighted by Gasteiger charge is 2.29. The van der Waals surface area contributed by atoms with Gasteiger partial charge in [-0.15, -0.1) is 0 Å². The Morgan fingerprint density at radius 1 is 1.39 bits per heavy atom. The monoisotopic (exact) mass is 316 g/mol. The number of ether oxygens (including phenoxy) is 1. The zero-order valence-corrected chi connectivity index (χ0v) is 12.6. The molecule has 4 nitrogen and oxygen atoms in total. The van der Waals surface area contributed by atoms with Gasteiger partial charge in [0.2, 0.25) is 11.7 Å². The molecule has 0 N–H and O–H groups in total. The highest BCUT2D eigenvalue weighted by Crippen LogP contribution is 2.36. The number of halogens is 1. The first-order valence-corrected chi connectivity index (χ1v) is 7.68. The van der Waals surface area contributed by atoms with Crippen LogP contribution in [0.4, 0.5) is 0 Å². The van der Waals surface area contributed by atoms with Crippen molar-refractivity contribution in [3.05, 3.63) is 11.7 Å². The molecule has 1 aromatic heterocycles. The van der Waals surface area contributed by atoms with E-state index in [1.54, 1.807) is 7.11 Å². The lowest BCUT2D eigenvalue weighted by molar-refractivity contribution is 0.0273. The highest BCUT2D eigenvalue weighted by molar-refractivity contribution is 9.09. The molecule has 1 fully saturated rings. The summed E-state index contributed by atoms with van der Waals surface area (Å²) in [6, 6.07) is 0. The van der Waals surface area contributed by atoms with Crippen LogP contribution in [0, 0.1) is 5.92 Å². The van der Waals surface area contributed by atoms with Gasteiger partial charge >= 0.3 is 0 Å². The third-order valence-corrected chi connectivity index (χ3v) is 4.71. The summed E-state index contributed by atoms with van der Waals surface area (Å²) in [6.45, 7) is 2.08. The van der Waals surface area contributed by atoms with Crippen molar-refractivity contribution in [2.45, 2.75) is 56.4 Å². The molecule has 1 aromatic rings. The lowest BCUT2D eigenvalue weighted by Gasteiger charge is -2.26. The predicted molar refractivity (Wildman–Crippen MR) is 72.6 cm³/mol. The molecule has 0 radical (unpaired) electrons. The summed E-state index contributed by atoms with van der Waals surface area (Å²) in [4.78, 5) is 4.62. The van der Waals surface area contributed by atoms with Gasteiger partial charge in [0.25, 0.3) is 0 Å². The van der Waals surface area contributed by atoms with Gasteiger partial charge in [-0.25, -0.2) is 0 Å². The molecular formula is C13H21BrN2O2. The van der Waals surface area contributed by atoms with E-state index in [0.717, 1.165) is 6.42 Å². The van der Waals surface area contributed by atoms with Gasteiger partial charge in [-0.2, -0.15) is 4.98 Å². The lowest BCUT2D eigenvalue weighted by atomic mass is 9.85. The zero-order valence-electron chi connectivity index (χ0n) is 11.1. The Bertz CT molecular complexity index is 364. The fourth-order valence-corrected chi connectivity index (χ4v) is 2.80. The summed E-state index contributed by atoms with van der Waals surface area (Å²) >= 11 is 3.53. The summed E-state index contributed by atoms with van der Waals surface area (Å²) in [6.07, 6.45) is 7.23. The van der Waals surface area contributed by atoms with Crippen LogP contribution in [0.5, 0.6) is 0 Å². The number of hydrogen-bond acceptors (Lipinski definition) is 4. The predicted octanol–water partition coefficient (Wildman–Crippen LogP) is 4.18. The maximum absolute atomic E-state index is 5.60. The van der Waals surface area contributed by atoms with Crippen LogP contribution in [-0.4, -0.2) is 17.3 Å². The molecule has 0 bridgehead atoms. The summed E-state index contributed by atoms with van der Waals surface area (Å²) in [5.74, 6) is 1.90. The van der Waals surface area contributed by atoms with Crippen molar-refractivity contribution in [1.29, 1.82) is 0 Å². The van der Waals surface area contributed by atoms with E-state index in [9.17, 15) is 0 Å². The molecular weight excluding hydrogens is 296 g/mol. The topological polar surface area (TPSA) is 48.2 Å². The van der Waals surface area contributed by atoms with Crippen molar-refractivity contribution in [1.82, 2.24) is 10.1 Å². The van der Waals surface area contributed by atoms with Gasteiger partial charge in [-0.1, -0.05) is 47.3 Å². The van der Waals surface area contributed by atoms with E-state index >= 15 is 0 Å². The van der Waals surface area contributed by atoms with E-state index < -0.39 is 0 Å². The Balaban J connectivity index is 2.09. The molecule has 1 heterocycles. The molecule has 1 aliphatic rings. The third kappa shape index (κ3) is 3.12. The molecule has 2 unspecified atom stereocenters. The first-order chi connectivity index (χ1) is 8.76. The van der Waals surface area contributed by atoms with Gasteiger partial charge in [0, 0.05) is 7.11 Å². The molecule has 1 saturated carbocycles. The lowest BCUT2D eigenvalue weighted by Crippen LogP contribution is -2.19. The van der Waals surface area contributed by atoms with Crippen molar-refractivity contribution < 1.29 is 9.26 Å². The van der Waals surface area contributed by atoms with E-state index in [1.165, 1.54) is 32.1 Å². The molecule has 0 aliphatic heterocycles. The highest BCUT2D eigenvalue weighted by atomic mass is 79.9. The number of alkyl halides is 1. The second kappa shape index (κ2) is 6.66. The van der Waals surface area contributed by atoms with Gasteiger partial charge < -0.3 is 9.26 Å². The van der Waals surface area contributed by atoms with Gasteiger partial charge in [-0.3, -0.25) is 0 Å². The van der Waals surface area contributed by atoms with E-state index in [2.05, 4.69) is 33.0 Å². The quantitative estimate of drug-likeness (QED) is 0.764.